The molecule has 1 rings (SSSR count). The van der Waals surface area contributed by atoms with Crippen molar-refractivity contribution in [2.45, 2.75) is 18.1 Å². The molecule has 0 radical (unpaired) electrons. The summed E-state index contributed by atoms with van der Waals surface area (Å²) >= 11 is 4.42. The van der Waals surface area contributed by atoms with E-state index in [1.54, 1.807) is 13.0 Å². The summed E-state index contributed by atoms with van der Waals surface area (Å²) in [5.41, 5.74) is 0. The quantitative estimate of drug-likeness (QED) is 0.858. The Bertz CT molecular complexity index is 408. The first-order valence-corrected chi connectivity index (χ1v) is 7.42. The van der Waals surface area contributed by atoms with E-state index in [2.05, 4.69) is 15.9 Å². The SMILES string of the molecule is CCOc1sc(S(=O)(=O)CC)cc1Br. The standard InChI is InChI=1S/C8H11BrO3S2/c1-3-12-8-6(9)5-7(13-8)14(10,11)4-2/h5H,3-4H2,1-2H3. The lowest BCUT2D eigenvalue weighted by Gasteiger charge is -1.97. The molecule has 0 aliphatic heterocycles. The highest BCUT2D eigenvalue weighted by Crippen LogP contribution is 2.37. The third-order valence-electron chi connectivity index (χ3n) is 1.59. The molecule has 14 heavy (non-hydrogen) atoms. The van der Waals surface area contributed by atoms with E-state index in [9.17, 15) is 8.42 Å². The maximum absolute atomic E-state index is 11.5. The van der Waals surface area contributed by atoms with Gasteiger partial charge in [0.1, 0.15) is 4.21 Å². The van der Waals surface area contributed by atoms with Gasteiger partial charge in [0.25, 0.3) is 0 Å². The molecule has 0 spiro atoms. The minimum atomic E-state index is -3.11. The molecule has 0 amide bonds. The van der Waals surface area contributed by atoms with Crippen molar-refractivity contribution in [3.63, 3.8) is 0 Å². The predicted octanol–water partition coefficient (Wildman–Crippen LogP) is 2.70. The van der Waals surface area contributed by atoms with Crippen LogP contribution in [0.25, 0.3) is 0 Å². The number of ether oxygens (including phenoxy) is 1. The Morgan fingerprint density at radius 1 is 1.50 bits per heavy atom. The van der Waals surface area contributed by atoms with Crippen LogP contribution in [0.15, 0.2) is 14.7 Å². The molecule has 0 aliphatic rings. The molecule has 1 aromatic heterocycles. The summed E-state index contributed by atoms with van der Waals surface area (Å²) in [6, 6.07) is 1.59. The smallest absolute Gasteiger partial charge is 0.189 e. The minimum absolute atomic E-state index is 0.117. The lowest BCUT2D eigenvalue weighted by atomic mass is 10.6. The van der Waals surface area contributed by atoms with Gasteiger partial charge in [-0.15, -0.1) is 0 Å². The molecule has 0 aromatic carbocycles. The van der Waals surface area contributed by atoms with Crippen LogP contribution in [0.3, 0.4) is 0 Å². The normalized spacial score (nSPS) is 11.6. The van der Waals surface area contributed by atoms with Gasteiger partial charge in [0, 0.05) is 0 Å². The Morgan fingerprint density at radius 3 is 2.64 bits per heavy atom. The average molecular weight is 299 g/mol. The van der Waals surface area contributed by atoms with Crippen LogP contribution in [0.5, 0.6) is 5.06 Å². The summed E-state index contributed by atoms with van der Waals surface area (Å²) in [5.74, 6) is 0.117. The van der Waals surface area contributed by atoms with Crippen molar-refractivity contribution in [3.05, 3.63) is 10.5 Å². The summed E-state index contributed by atoms with van der Waals surface area (Å²) in [6.45, 7) is 4.02. The Hall–Kier alpha value is -0.0700. The zero-order valence-corrected chi connectivity index (χ0v) is 11.1. The molecule has 0 N–H and O–H groups in total. The first-order valence-electron chi connectivity index (χ1n) is 4.16. The lowest BCUT2D eigenvalue weighted by Crippen LogP contribution is -2.00. The second-order valence-corrected chi connectivity index (χ2v) is 6.91. The zero-order valence-electron chi connectivity index (χ0n) is 7.91. The summed E-state index contributed by atoms with van der Waals surface area (Å²) in [7, 11) is -3.11. The predicted molar refractivity (Wildman–Crippen MR) is 60.9 cm³/mol. The highest BCUT2D eigenvalue weighted by atomic mass is 79.9. The van der Waals surface area contributed by atoms with Crippen molar-refractivity contribution in [1.29, 1.82) is 0 Å². The van der Waals surface area contributed by atoms with Crippen LogP contribution in [0.2, 0.25) is 0 Å². The van der Waals surface area contributed by atoms with Crippen molar-refractivity contribution in [2.24, 2.45) is 0 Å². The fourth-order valence-electron chi connectivity index (χ4n) is 0.857. The van der Waals surface area contributed by atoms with E-state index in [1.165, 1.54) is 0 Å². The minimum Gasteiger partial charge on any atom is -0.483 e. The van der Waals surface area contributed by atoms with E-state index in [-0.39, 0.29) is 5.75 Å². The van der Waals surface area contributed by atoms with Crippen LogP contribution >= 0.6 is 27.3 Å². The van der Waals surface area contributed by atoms with Gasteiger partial charge < -0.3 is 4.74 Å². The first kappa shape index (κ1) is 12.0. The topological polar surface area (TPSA) is 43.4 Å². The van der Waals surface area contributed by atoms with Gasteiger partial charge in [0.2, 0.25) is 0 Å². The van der Waals surface area contributed by atoms with Crippen LogP contribution < -0.4 is 4.74 Å². The second-order valence-electron chi connectivity index (χ2n) is 2.54. The average Bonchev–Trinajstić information content (AvgIpc) is 2.49. The second kappa shape index (κ2) is 4.63. The molecule has 80 valence electrons. The van der Waals surface area contributed by atoms with Crippen LogP contribution in [0.4, 0.5) is 0 Å². The van der Waals surface area contributed by atoms with Gasteiger partial charge in [-0.2, -0.15) is 0 Å². The molecular weight excluding hydrogens is 288 g/mol. The third-order valence-corrected chi connectivity index (χ3v) is 5.79. The largest absolute Gasteiger partial charge is 0.483 e. The number of hydrogen-bond donors (Lipinski definition) is 0. The molecule has 0 saturated carbocycles. The van der Waals surface area contributed by atoms with E-state index < -0.39 is 9.84 Å². The number of halogens is 1. The molecule has 6 heteroatoms. The lowest BCUT2D eigenvalue weighted by molar-refractivity contribution is 0.348. The van der Waals surface area contributed by atoms with E-state index in [1.807, 2.05) is 6.92 Å². The van der Waals surface area contributed by atoms with Crippen molar-refractivity contribution in [2.75, 3.05) is 12.4 Å². The van der Waals surface area contributed by atoms with Gasteiger partial charge in [0.05, 0.1) is 16.8 Å². The Morgan fingerprint density at radius 2 is 2.14 bits per heavy atom. The maximum atomic E-state index is 11.5. The van der Waals surface area contributed by atoms with E-state index in [0.717, 1.165) is 11.3 Å². The van der Waals surface area contributed by atoms with E-state index in [0.29, 0.717) is 20.4 Å². The number of sulfone groups is 1. The van der Waals surface area contributed by atoms with Gasteiger partial charge in [-0.05, 0) is 28.9 Å². The number of hydrogen-bond acceptors (Lipinski definition) is 4. The molecule has 0 fully saturated rings. The van der Waals surface area contributed by atoms with Gasteiger partial charge in [-0.25, -0.2) is 8.42 Å². The molecule has 0 bridgehead atoms. The van der Waals surface area contributed by atoms with Crippen molar-refractivity contribution >= 4 is 37.1 Å². The Labute approximate surface area is 96.1 Å². The molecule has 1 aromatic rings. The van der Waals surface area contributed by atoms with E-state index in [4.69, 9.17) is 4.74 Å². The van der Waals surface area contributed by atoms with Crippen LogP contribution in [0.1, 0.15) is 13.8 Å². The molecule has 1 heterocycles. The van der Waals surface area contributed by atoms with E-state index >= 15 is 0 Å². The van der Waals surface area contributed by atoms with Crippen molar-refractivity contribution in [1.82, 2.24) is 0 Å². The summed E-state index contributed by atoms with van der Waals surface area (Å²) < 4.78 is 29.3. The zero-order chi connectivity index (χ0) is 10.8. The van der Waals surface area contributed by atoms with Gasteiger partial charge in [-0.3, -0.25) is 0 Å². The monoisotopic (exact) mass is 298 g/mol. The molecule has 0 aliphatic carbocycles. The Balaban J connectivity index is 3.08. The first-order chi connectivity index (χ1) is 6.51. The maximum Gasteiger partial charge on any atom is 0.189 e. The van der Waals surface area contributed by atoms with Crippen molar-refractivity contribution in [3.8, 4) is 5.06 Å². The molecule has 0 saturated heterocycles. The van der Waals surface area contributed by atoms with Gasteiger partial charge in [0.15, 0.2) is 14.9 Å². The summed E-state index contributed by atoms with van der Waals surface area (Å²) in [6.07, 6.45) is 0. The molecular formula is C8H11BrO3S2. The fraction of sp³-hybridized carbons (Fsp3) is 0.500. The third kappa shape index (κ3) is 2.49. The number of rotatable bonds is 4. The van der Waals surface area contributed by atoms with Gasteiger partial charge >= 0.3 is 0 Å². The molecule has 0 unspecified atom stereocenters. The fourth-order valence-corrected chi connectivity index (χ4v) is 4.11. The number of thiophene rings is 1. The summed E-state index contributed by atoms with van der Waals surface area (Å²) in [4.78, 5) is 0. The highest BCUT2D eigenvalue weighted by molar-refractivity contribution is 9.10. The molecule has 0 atom stereocenters. The highest BCUT2D eigenvalue weighted by Gasteiger charge is 2.18. The Kier molecular flexibility index (Phi) is 3.97. The van der Waals surface area contributed by atoms with Gasteiger partial charge in [-0.1, -0.05) is 18.3 Å². The van der Waals surface area contributed by atoms with Crippen LogP contribution in [-0.2, 0) is 9.84 Å². The van der Waals surface area contributed by atoms with Crippen LogP contribution in [0, 0.1) is 0 Å². The summed E-state index contributed by atoms with van der Waals surface area (Å²) in [5, 5.41) is 0.625. The van der Waals surface area contributed by atoms with Crippen LogP contribution in [-0.4, -0.2) is 20.8 Å². The van der Waals surface area contributed by atoms with Crippen molar-refractivity contribution < 1.29 is 13.2 Å². The molecule has 3 nitrogen and oxygen atoms in total.